The molecule has 1 fully saturated rings. The van der Waals surface area contributed by atoms with Crippen molar-refractivity contribution in [3.63, 3.8) is 0 Å². The van der Waals surface area contributed by atoms with Gasteiger partial charge in [0.2, 0.25) is 0 Å². The van der Waals surface area contributed by atoms with Gasteiger partial charge < -0.3 is 9.84 Å². The number of hydrogen-bond donors (Lipinski definition) is 1. The first kappa shape index (κ1) is 16.7. The maximum absolute atomic E-state index is 12.9. The molecule has 0 spiro atoms. The first-order valence-corrected chi connectivity index (χ1v) is 8.66. The number of rotatable bonds is 0. The molecule has 5 atom stereocenters. The first-order valence-electron chi connectivity index (χ1n) is 8.66. The number of aliphatic hydroxyl groups excluding tert-OH is 1. The van der Waals surface area contributed by atoms with Crippen LogP contribution in [0.3, 0.4) is 0 Å². The number of Topliss-reactive ketones (excluding diaryl/α,β-unsaturated/α-hetero) is 1. The van der Waals surface area contributed by atoms with E-state index in [0.717, 1.165) is 31.3 Å². The normalized spacial score (nSPS) is 46.7. The van der Waals surface area contributed by atoms with E-state index >= 15 is 0 Å². The van der Waals surface area contributed by atoms with E-state index in [4.69, 9.17) is 4.74 Å². The third kappa shape index (κ3) is 2.64. The number of hydrogen-bond acceptors (Lipinski definition) is 3. The molecule has 23 heavy (non-hydrogen) atoms. The number of aliphatic hydroxyl groups is 1. The third-order valence-electron chi connectivity index (χ3n) is 6.43. The summed E-state index contributed by atoms with van der Waals surface area (Å²) < 4.78 is 5.76. The van der Waals surface area contributed by atoms with Crippen molar-refractivity contribution < 1.29 is 14.6 Å². The van der Waals surface area contributed by atoms with Crippen LogP contribution < -0.4 is 0 Å². The van der Waals surface area contributed by atoms with E-state index in [2.05, 4.69) is 33.4 Å². The molecule has 0 amide bonds. The van der Waals surface area contributed by atoms with Gasteiger partial charge in [0, 0.05) is 5.57 Å². The minimum absolute atomic E-state index is 0.00375. The quantitative estimate of drug-likeness (QED) is 0.547. The van der Waals surface area contributed by atoms with E-state index in [1.165, 1.54) is 5.57 Å². The van der Waals surface area contributed by atoms with Gasteiger partial charge in [-0.05, 0) is 62.5 Å². The van der Waals surface area contributed by atoms with Crippen molar-refractivity contribution in [1.82, 2.24) is 0 Å². The number of carbonyl (C=O) groups excluding carboxylic acids is 1. The lowest BCUT2D eigenvalue weighted by Gasteiger charge is -2.44. The highest BCUT2D eigenvalue weighted by Crippen LogP contribution is 2.51. The Kier molecular flexibility index (Phi) is 3.93. The molecule has 1 saturated heterocycles. The molecule has 5 unspecified atom stereocenters. The Bertz CT molecular complexity index is 614. The highest BCUT2D eigenvalue weighted by molar-refractivity contribution is 6.05. The van der Waals surface area contributed by atoms with Crippen molar-refractivity contribution in [2.45, 2.75) is 71.2 Å². The lowest BCUT2D eigenvalue weighted by atomic mass is 9.61. The summed E-state index contributed by atoms with van der Waals surface area (Å²) in [4.78, 5) is 12.9. The van der Waals surface area contributed by atoms with Crippen molar-refractivity contribution in [3.05, 3.63) is 35.5 Å². The smallest absolute Gasteiger partial charge is 0.194 e. The lowest BCUT2D eigenvalue weighted by Crippen LogP contribution is -2.41. The second kappa shape index (κ2) is 5.42. The molecule has 0 aromatic heterocycles. The van der Waals surface area contributed by atoms with Gasteiger partial charge in [0.25, 0.3) is 0 Å². The number of epoxide rings is 1. The Morgan fingerprint density at radius 3 is 2.74 bits per heavy atom. The van der Waals surface area contributed by atoms with Gasteiger partial charge in [0.15, 0.2) is 5.78 Å². The lowest BCUT2D eigenvalue weighted by molar-refractivity contribution is -0.117. The molecule has 0 saturated carbocycles. The molecule has 2 bridgehead atoms. The Labute approximate surface area is 139 Å². The molecular formula is C20H28O3. The Hall–Kier alpha value is -1.19. The van der Waals surface area contributed by atoms with Crippen molar-refractivity contribution in [2.75, 3.05) is 0 Å². The summed E-state index contributed by atoms with van der Waals surface area (Å²) in [7, 11) is 0. The first-order chi connectivity index (χ1) is 10.7. The number of ketones is 1. The number of carbonyl (C=O) groups is 1. The minimum Gasteiger partial charge on any atom is -0.389 e. The largest absolute Gasteiger partial charge is 0.389 e. The minimum atomic E-state index is -0.610. The fourth-order valence-electron chi connectivity index (χ4n) is 4.05. The molecule has 3 aliphatic rings. The van der Waals surface area contributed by atoms with E-state index in [1.807, 2.05) is 6.92 Å². The number of allylic oxidation sites excluding steroid dienone is 3. The van der Waals surface area contributed by atoms with Crippen molar-refractivity contribution in [3.8, 4) is 0 Å². The van der Waals surface area contributed by atoms with Gasteiger partial charge in [-0.25, -0.2) is 0 Å². The van der Waals surface area contributed by atoms with Crippen LogP contribution >= 0.6 is 0 Å². The van der Waals surface area contributed by atoms with Crippen LogP contribution in [0.25, 0.3) is 0 Å². The third-order valence-corrected chi connectivity index (χ3v) is 6.43. The van der Waals surface area contributed by atoms with E-state index in [0.29, 0.717) is 5.57 Å². The molecule has 3 nitrogen and oxygen atoms in total. The highest BCUT2D eigenvalue weighted by Gasteiger charge is 2.58. The zero-order valence-electron chi connectivity index (χ0n) is 14.7. The second-order valence-electron chi connectivity index (χ2n) is 8.02. The van der Waals surface area contributed by atoms with Gasteiger partial charge in [-0.3, -0.25) is 4.79 Å². The topological polar surface area (TPSA) is 49.8 Å². The molecule has 1 heterocycles. The molecule has 1 N–H and O–H groups in total. The van der Waals surface area contributed by atoms with Gasteiger partial charge in [-0.2, -0.15) is 0 Å². The summed E-state index contributed by atoms with van der Waals surface area (Å²) in [6.45, 7) is 12.6. The molecule has 126 valence electrons. The van der Waals surface area contributed by atoms with Crippen LogP contribution in [0.5, 0.6) is 0 Å². The number of ether oxygens (including phenoxy) is 1. The molecule has 0 radical (unpaired) electrons. The van der Waals surface area contributed by atoms with Crippen LogP contribution in [-0.2, 0) is 9.53 Å². The van der Waals surface area contributed by atoms with Crippen LogP contribution in [0.4, 0.5) is 0 Å². The fraction of sp³-hybridized carbons (Fsp3) is 0.650. The summed E-state index contributed by atoms with van der Waals surface area (Å²) in [5.41, 5.74) is 2.20. The Balaban J connectivity index is 2.03. The molecule has 0 aromatic rings. The molecule has 0 aromatic carbocycles. The maximum Gasteiger partial charge on any atom is 0.194 e. The zero-order valence-corrected chi connectivity index (χ0v) is 14.7. The van der Waals surface area contributed by atoms with Gasteiger partial charge in [-0.15, -0.1) is 0 Å². The molecular weight excluding hydrogens is 288 g/mol. The van der Waals surface area contributed by atoms with E-state index in [-0.39, 0.29) is 28.8 Å². The molecule has 2 aliphatic carbocycles. The molecule has 1 aliphatic heterocycles. The zero-order chi connectivity index (χ0) is 17.0. The molecule has 3 heteroatoms. The van der Waals surface area contributed by atoms with E-state index in [1.54, 1.807) is 6.08 Å². The second-order valence-corrected chi connectivity index (χ2v) is 8.02. The fourth-order valence-corrected chi connectivity index (χ4v) is 4.05. The molecule has 3 rings (SSSR count). The summed E-state index contributed by atoms with van der Waals surface area (Å²) in [6.07, 6.45) is 6.65. The monoisotopic (exact) mass is 316 g/mol. The van der Waals surface area contributed by atoms with Crippen LogP contribution in [0.2, 0.25) is 0 Å². The highest BCUT2D eigenvalue weighted by atomic mass is 16.6. The van der Waals surface area contributed by atoms with Gasteiger partial charge >= 0.3 is 0 Å². The van der Waals surface area contributed by atoms with Crippen molar-refractivity contribution in [2.24, 2.45) is 11.3 Å². The number of fused-ring (bicyclic) bond motifs is 3. The van der Waals surface area contributed by atoms with Crippen LogP contribution in [0.1, 0.15) is 53.4 Å². The Morgan fingerprint density at radius 1 is 1.35 bits per heavy atom. The van der Waals surface area contributed by atoms with Gasteiger partial charge in [0.1, 0.15) is 11.7 Å². The predicted molar refractivity (Wildman–Crippen MR) is 91.0 cm³/mol. The summed E-state index contributed by atoms with van der Waals surface area (Å²) >= 11 is 0. The summed E-state index contributed by atoms with van der Waals surface area (Å²) in [5, 5.41) is 10.5. The average molecular weight is 316 g/mol. The van der Waals surface area contributed by atoms with Crippen LogP contribution in [0.15, 0.2) is 35.5 Å². The Morgan fingerprint density at radius 2 is 2.04 bits per heavy atom. The predicted octanol–water partition coefficient (Wildman–Crippen LogP) is 3.73. The summed E-state index contributed by atoms with van der Waals surface area (Å²) in [5.74, 6) is 0.0461. The van der Waals surface area contributed by atoms with Gasteiger partial charge in [0.05, 0.1) is 6.10 Å². The van der Waals surface area contributed by atoms with Gasteiger partial charge in [-0.1, -0.05) is 32.1 Å². The average Bonchev–Trinajstić information content (AvgIpc) is 3.17. The van der Waals surface area contributed by atoms with Crippen molar-refractivity contribution >= 4 is 5.78 Å². The van der Waals surface area contributed by atoms with E-state index in [9.17, 15) is 9.90 Å². The van der Waals surface area contributed by atoms with Crippen LogP contribution in [-0.4, -0.2) is 28.7 Å². The van der Waals surface area contributed by atoms with Crippen LogP contribution in [0, 0.1) is 11.3 Å². The maximum atomic E-state index is 12.9. The van der Waals surface area contributed by atoms with E-state index < -0.39 is 6.10 Å². The van der Waals surface area contributed by atoms with Crippen molar-refractivity contribution in [1.29, 1.82) is 0 Å². The SMILES string of the molecule is C=C1C2=CC(O)C(C)C1(C)CC/C(C)=C\CCC1(C)OC1C2=O. The standard InChI is InChI=1S/C20H28O3/c1-12-7-6-9-20(5)18(23-20)17(22)15-11-16(21)14(3)19(4,10-8-12)13(15)2/h7,11,14,16,18,21H,2,6,8-10H2,1,3-5H3/b12-7-. The summed E-state index contributed by atoms with van der Waals surface area (Å²) in [6, 6.07) is 0.